The van der Waals surface area contributed by atoms with Crippen molar-refractivity contribution in [3.8, 4) is 0 Å². The van der Waals surface area contributed by atoms with Crippen LogP contribution in [0, 0.1) is 0 Å². The molecule has 0 heterocycles. The van der Waals surface area contributed by atoms with Crippen molar-refractivity contribution in [3.05, 3.63) is 0 Å². The van der Waals surface area contributed by atoms with E-state index in [2.05, 4.69) is 0 Å². The summed E-state index contributed by atoms with van der Waals surface area (Å²) in [4.78, 5) is 0. The molecule has 0 aliphatic rings. The van der Waals surface area contributed by atoms with Gasteiger partial charge < -0.3 is 30.1 Å². The summed E-state index contributed by atoms with van der Waals surface area (Å²) in [7, 11) is -5.08. The van der Waals surface area contributed by atoms with Gasteiger partial charge in [-0.05, 0) is 0 Å². The molecule has 0 aromatic heterocycles. The molecule has 0 bridgehead atoms. The summed E-state index contributed by atoms with van der Waals surface area (Å²) in [6.07, 6.45) is 0. The first-order valence-corrected chi connectivity index (χ1v) is 1.48. The topological polar surface area (TPSA) is 130 Å². The van der Waals surface area contributed by atoms with Gasteiger partial charge in [-0.3, -0.25) is 7.32 Å². The van der Waals surface area contributed by atoms with Gasteiger partial charge in [-0.1, -0.05) is 0 Å². The maximum absolute atomic E-state index is 8.42. The van der Waals surface area contributed by atoms with E-state index in [1.165, 1.54) is 0 Å². The van der Waals surface area contributed by atoms with E-state index < -0.39 is 14.6 Å². The Balaban J connectivity index is -0.0000000720. The van der Waals surface area contributed by atoms with E-state index in [1.807, 2.05) is 0 Å². The Morgan fingerprint density at radius 1 is 0.889 bits per heavy atom. The third-order valence-electron chi connectivity index (χ3n) is 0. The number of hydrogen-bond donors (Lipinski definition) is 3. The molecule has 0 amide bonds. The molecule has 6 nitrogen and oxygen atoms in total. The first kappa shape index (κ1) is 16.2. The van der Waals surface area contributed by atoms with Crippen LogP contribution in [-0.2, 0) is 0 Å². The Morgan fingerprint density at radius 2 is 0.889 bits per heavy atom. The second-order valence-electron chi connectivity index (χ2n) is 0.635. The van der Waals surface area contributed by atoms with Crippen LogP contribution in [0.3, 0.4) is 0 Å². The predicted molar refractivity (Wildman–Crippen MR) is 23.9 cm³/mol. The third-order valence-corrected chi connectivity index (χ3v) is 0. The maximum Gasteiger partial charge on any atom is 3.00 e. The molecule has 0 atom stereocenters. The van der Waals surface area contributed by atoms with Crippen LogP contribution in [0.2, 0.25) is 0 Å². The molecule has 0 aliphatic heterocycles. The van der Waals surface area contributed by atoms with Gasteiger partial charge in [-0.2, -0.15) is 0 Å². The van der Waals surface area contributed by atoms with Gasteiger partial charge in [0.15, 0.2) is 0 Å². The predicted octanol–water partition coefficient (Wildman–Crippen LogP) is -6.38. The summed E-state index contributed by atoms with van der Waals surface area (Å²) in [5.74, 6) is 0. The quantitative estimate of drug-likeness (QED) is 0.292. The summed E-state index contributed by atoms with van der Waals surface area (Å²) < 4.78 is 0. The molecule has 0 aliphatic carbocycles. The van der Waals surface area contributed by atoms with Gasteiger partial charge in [0.05, 0.1) is 0 Å². The average molecular weight is 148 g/mol. The SMILES string of the molecule is OB(O)O.[Al+3].[O-]B([O-])[O-]. The van der Waals surface area contributed by atoms with Gasteiger partial charge in [0.2, 0.25) is 0 Å². The van der Waals surface area contributed by atoms with Crippen molar-refractivity contribution in [1.29, 1.82) is 0 Å². The van der Waals surface area contributed by atoms with Gasteiger partial charge in [0.25, 0.3) is 0 Å². The van der Waals surface area contributed by atoms with Crippen LogP contribution in [0.15, 0.2) is 0 Å². The summed E-state index contributed by atoms with van der Waals surface area (Å²) in [5.41, 5.74) is 0. The van der Waals surface area contributed by atoms with Gasteiger partial charge in [-0.15, -0.1) is 0 Å². The van der Waals surface area contributed by atoms with Crippen molar-refractivity contribution in [2.75, 3.05) is 0 Å². The smallest absolute Gasteiger partial charge is 0.907 e. The van der Waals surface area contributed by atoms with Gasteiger partial charge >= 0.3 is 24.7 Å². The number of hydrogen-bond acceptors (Lipinski definition) is 6. The van der Waals surface area contributed by atoms with E-state index in [1.54, 1.807) is 0 Å². The van der Waals surface area contributed by atoms with Crippen LogP contribution in [0.5, 0.6) is 0 Å². The summed E-state index contributed by atoms with van der Waals surface area (Å²) in [6, 6.07) is 0. The zero-order valence-electron chi connectivity index (χ0n) is 4.30. The fraction of sp³-hybridized carbons (Fsp3) is 0. The van der Waals surface area contributed by atoms with E-state index in [0.717, 1.165) is 0 Å². The summed E-state index contributed by atoms with van der Waals surface area (Å²) in [5, 5.41) is 46.7. The van der Waals surface area contributed by atoms with E-state index in [9.17, 15) is 0 Å². The molecule has 0 unspecified atom stereocenters. The molecule has 0 fully saturated rings. The van der Waals surface area contributed by atoms with Gasteiger partial charge in [0.1, 0.15) is 0 Å². The van der Waals surface area contributed by atoms with Crippen molar-refractivity contribution >= 4 is 32.0 Å². The number of rotatable bonds is 0. The van der Waals surface area contributed by atoms with Crippen LogP contribution in [0.1, 0.15) is 0 Å². The Morgan fingerprint density at radius 3 is 0.889 bits per heavy atom. The van der Waals surface area contributed by atoms with Gasteiger partial charge in [0, 0.05) is 0 Å². The molecule has 48 valence electrons. The van der Waals surface area contributed by atoms with E-state index in [4.69, 9.17) is 30.1 Å². The Bertz CT molecular complexity index is 26.5. The Hall–Kier alpha value is 0.422. The van der Waals surface area contributed by atoms with E-state index >= 15 is 0 Å². The monoisotopic (exact) mass is 148 g/mol. The van der Waals surface area contributed by atoms with Crippen molar-refractivity contribution in [3.63, 3.8) is 0 Å². The normalized spacial score (nSPS) is 6.00. The van der Waals surface area contributed by atoms with E-state index in [0.29, 0.717) is 0 Å². The Kier molecular flexibility index (Phi) is 20.3. The van der Waals surface area contributed by atoms with Crippen molar-refractivity contribution in [2.45, 2.75) is 0 Å². The molecule has 9 heteroatoms. The fourth-order valence-corrected chi connectivity index (χ4v) is 0. The van der Waals surface area contributed by atoms with E-state index in [-0.39, 0.29) is 17.4 Å². The van der Waals surface area contributed by atoms with Crippen LogP contribution < -0.4 is 15.1 Å². The largest absolute Gasteiger partial charge is 3.00 e. The molecule has 0 spiro atoms. The maximum atomic E-state index is 8.42. The Labute approximate surface area is 62.9 Å². The zero-order valence-corrected chi connectivity index (χ0v) is 5.45. The van der Waals surface area contributed by atoms with Crippen molar-refractivity contribution in [2.24, 2.45) is 0 Å². The second kappa shape index (κ2) is 11.2. The molecular formula is H3AlB2O6. The summed E-state index contributed by atoms with van der Waals surface area (Å²) >= 11 is 0. The van der Waals surface area contributed by atoms with Crippen LogP contribution in [-0.4, -0.2) is 47.1 Å². The molecule has 9 heavy (non-hydrogen) atoms. The molecular weight excluding hydrogens is 145 g/mol. The average Bonchev–Trinajstić information content (AvgIpc) is 1.25. The van der Waals surface area contributed by atoms with Crippen molar-refractivity contribution in [1.82, 2.24) is 0 Å². The van der Waals surface area contributed by atoms with Crippen LogP contribution in [0.4, 0.5) is 0 Å². The minimum atomic E-state index is -2.92. The van der Waals surface area contributed by atoms with Crippen molar-refractivity contribution < 1.29 is 30.1 Å². The van der Waals surface area contributed by atoms with Crippen LogP contribution >= 0.6 is 0 Å². The summed E-state index contributed by atoms with van der Waals surface area (Å²) in [6.45, 7) is 0. The fourth-order valence-electron chi connectivity index (χ4n) is 0. The second-order valence-corrected chi connectivity index (χ2v) is 0.635. The molecule has 0 saturated heterocycles. The first-order valence-electron chi connectivity index (χ1n) is 1.48. The molecule has 0 aromatic rings. The third kappa shape index (κ3) is 1950. The van der Waals surface area contributed by atoms with Crippen LogP contribution in [0.25, 0.3) is 0 Å². The standard InChI is InChI=1S/Al.BH3O3.BO3/c;2*2-1(3)4/h;2-4H;/q+3;;-3. The molecule has 0 aromatic carbocycles. The minimum absolute atomic E-state index is 0. The van der Waals surface area contributed by atoms with Gasteiger partial charge in [-0.25, -0.2) is 0 Å². The minimum Gasteiger partial charge on any atom is -0.907 e. The molecule has 3 N–H and O–H groups in total. The molecule has 0 saturated carbocycles. The molecule has 0 radical (unpaired) electrons. The molecule has 0 rings (SSSR count). The first-order chi connectivity index (χ1) is 3.46. The zero-order chi connectivity index (χ0) is 7.15.